The Kier molecular flexibility index (Phi) is 4.02. The van der Waals surface area contributed by atoms with Gasteiger partial charge in [-0.05, 0) is 36.4 Å². The molecular weight excluding hydrogens is 304 g/mol. The van der Waals surface area contributed by atoms with Crippen LogP contribution in [0.3, 0.4) is 0 Å². The Hall–Kier alpha value is -1.36. The fourth-order valence-electron chi connectivity index (χ4n) is 2.80. The SMILES string of the molecule is CC(=O)Nc1cc2c(s1)CN(C)CC2c1ccc(Cl)cc1. The van der Waals surface area contributed by atoms with E-state index in [1.165, 1.54) is 16.0 Å². The average Bonchev–Trinajstić information content (AvgIpc) is 2.79. The van der Waals surface area contributed by atoms with Crippen molar-refractivity contribution in [3.63, 3.8) is 0 Å². The number of nitrogens with zero attached hydrogens (tertiary/aromatic N) is 1. The van der Waals surface area contributed by atoms with Crippen molar-refractivity contribution in [1.29, 1.82) is 0 Å². The van der Waals surface area contributed by atoms with Crippen molar-refractivity contribution in [1.82, 2.24) is 4.90 Å². The summed E-state index contributed by atoms with van der Waals surface area (Å²) in [6.07, 6.45) is 0. The number of carbonyl (C=O) groups is 1. The summed E-state index contributed by atoms with van der Waals surface area (Å²) in [7, 11) is 2.13. The summed E-state index contributed by atoms with van der Waals surface area (Å²) >= 11 is 7.65. The summed E-state index contributed by atoms with van der Waals surface area (Å²) in [5.41, 5.74) is 2.59. The predicted molar refractivity (Wildman–Crippen MR) is 88.3 cm³/mol. The highest BCUT2D eigenvalue weighted by molar-refractivity contribution is 7.16. The van der Waals surface area contributed by atoms with Crippen LogP contribution in [0, 0.1) is 0 Å². The summed E-state index contributed by atoms with van der Waals surface area (Å²) in [6.45, 7) is 3.45. The molecule has 21 heavy (non-hydrogen) atoms. The van der Waals surface area contributed by atoms with Gasteiger partial charge < -0.3 is 10.2 Å². The largest absolute Gasteiger partial charge is 0.318 e. The lowest BCUT2D eigenvalue weighted by Gasteiger charge is -2.30. The molecule has 110 valence electrons. The molecule has 2 aromatic rings. The standard InChI is InChI=1S/C16H17ClN2OS/c1-10(20)18-16-7-13-14(8-19(2)9-15(13)21-16)11-3-5-12(17)6-4-11/h3-7,14H,8-9H2,1-2H3,(H,18,20). The molecule has 1 aromatic carbocycles. The van der Waals surface area contributed by atoms with Crippen LogP contribution in [0.4, 0.5) is 5.00 Å². The molecule has 0 bridgehead atoms. The summed E-state index contributed by atoms with van der Waals surface area (Å²) in [4.78, 5) is 14.9. The van der Waals surface area contributed by atoms with E-state index in [9.17, 15) is 4.79 Å². The molecule has 0 saturated carbocycles. The second-order valence-electron chi connectivity index (χ2n) is 5.47. The van der Waals surface area contributed by atoms with Gasteiger partial charge in [0.1, 0.15) is 0 Å². The minimum Gasteiger partial charge on any atom is -0.318 e. The minimum atomic E-state index is -0.0232. The second-order valence-corrected chi connectivity index (χ2v) is 7.04. The number of fused-ring (bicyclic) bond motifs is 1. The van der Waals surface area contributed by atoms with Gasteiger partial charge in [0, 0.05) is 35.8 Å². The maximum absolute atomic E-state index is 11.2. The van der Waals surface area contributed by atoms with Gasteiger partial charge in [-0.1, -0.05) is 23.7 Å². The third kappa shape index (κ3) is 3.12. The van der Waals surface area contributed by atoms with Gasteiger partial charge in [-0.2, -0.15) is 0 Å². The minimum absolute atomic E-state index is 0.0232. The van der Waals surface area contributed by atoms with Gasteiger partial charge in [0.25, 0.3) is 0 Å². The van der Waals surface area contributed by atoms with Crippen molar-refractivity contribution in [2.45, 2.75) is 19.4 Å². The number of anilines is 1. The molecule has 3 rings (SSSR count). The molecule has 1 aromatic heterocycles. The van der Waals surface area contributed by atoms with Crippen LogP contribution in [-0.2, 0) is 11.3 Å². The number of hydrogen-bond acceptors (Lipinski definition) is 3. The highest BCUT2D eigenvalue weighted by Gasteiger charge is 2.27. The number of likely N-dealkylation sites (N-methyl/N-ethyl adjacent to an activating group) is 1. The van der Waals surface area contributed by atoms with E-state index in [2.05, 4.69) is 35.5 Å². The Balaban J connectivity index is 1.98. The number of thiophene rings is 1. The quantitative estimate of drug-likeness (QED) is 0.909. The van der Waals surface area contributed by atoms with Crippen LogP contribution < -0.4 is 5.32 Å². The Morgan fingerprint density at radius 2 is 2.10 bits per heavy atom. The van der Waals surface area contributed by atoms with Crippen LogP contribution in [0.25, 0.3) is 0 Å². The van der Waals surface area contributed by atoms with Crippen molar-refractivity contribution >= 4 is 33.8 Å². The highest BCUT2D eigenvalue weighted by Crippen LogP contribution is 2.40. The van der Waals surface area contributed by atoms with Crippen LogP contribution in [0.1, 0.15) is 28.8 Å². The molecule has 1 aliphatic heterocycles. The third-order valence-corrected chi connectivity index (χ3v) is 5.00. The van der Waals surface area contributed by atoms with Gasteiger partial charge in [0.05, 0.1) is 5.00 Å². The monoisotopic (exact) mass is 320 g/mol. The van der Waals surface area contributed by atoms with E-state index in [1.807, 2.05) is 12.1 Å². The number of carbonyl (C=O) groups excluding carboxylic acids is 1. The molecule has 0 aliphatic carbocycles. The number of halogens is 1. The first-order chi connectivity index (χ1) is 10.0. The molecule has 1 N–H and O–H groups in total. The fraction of sp³-hybridized carbons (Fsp3) is 0.312. The molecule has 3 nitrogen and oxygen atoms in total. The zero-order valence-corrected chi connectivity index (χ0v) is 13.6. The summed E-state index contributed by atoms with van der Waals surface area (Å²) in [5, 5.41) is 4.59. The van der Waals surface area contributed by atoms with Crippen LogP contribution in [0.15, 0.2) is 30.3 Å². The van der Waals surface area contributed by atoms with Crippen LogP contribution in [0.5, 0.6) is 0 Å². The van der Waals surface area contributed by atoms with Crippen LogP contribution in [0.2, 0.25) is 5.02 Å². The van der Waals surface area contributed by atoms with E-state index in [-0.39, 0.29) is 5.91 Å². The molecule has 0 radical (unpaired) electrons. The van der Waals surface area contributed by atoms with E-state index in [4.69, 9.17) is 11.6 Å². The molecule has 1 unspecified atom stereocenters. The molecule has 1 amide bonds. The van der Waals surface area contributed by atoms with Gasteiger partial charge in [-0.25, -0.2) is 0 Å². The number of amides is 1. The lowest BCUT2D eigenvalue weighted by Crippen LogP contribution is -2.29. The maximum atomic E-state index is 11.2. The smallest absolute Gasteiger partial charge is 0.221 e. The van der Waals surface area contributed by atoms with Crippen molar-refractivity contribution in [3.05, 3.63) is 51.4 Å². The molecule has 5 heteroatoms. The Bertz CT molecular complexity index is 665. The van der Waals surface area contributed by atoms with Crippen molar-refractivity contribution in [2.75, 3.05) is 18.9 Å². The number of nitrogens with one attached hydrogen (secondary N) is 1. The molecule has 0 spiro atoms. The zero-order chi connectivity index (χ0) is 15.0. The first-order valence-electron chi connectivity index (χ1n) is 6.87. The maximum Gasteiger partial charge on any atom is 0.221 e. The highest BCUT2D eigenvalue weighted by atomic mass is 35.5. The summed E-state index contributed by atoms with van der Waals surface area (Å²) < 4.78 is 0. The van der Waals surface area contributed by atoms with Crippen molar-refractivity contribution in [2.24, 2.45) is 0 Å². The first kappa shape index (κ1) is 14.6. The van der Waals surface area contributed by atoms with E-state index < -0.39 is 0 Å². The Morgan fingerprint density at radius 1 is 1.38 bits per heavy atom. The zero-order valence-electron chi connectivity index (χ0n) is 12.0. The summed E-state index contributed by atoms with van der Waals surface area (Å²) in [5.74, 6) is 0.305. The second kappa shape index (κ2) is 5.79. The van der Waals surface area contributed by atoms with Gasteiger partial charge >= 0.3 is 0 Å². The van der Waals surface area contributed by atoms with Gasteiger partial charge in [-0.15, -0.1) is 11.3 Å². The van der Waals surface area contributed by atoms with Crippen LogP contribution >= 0.6 is 22.9 Å². The van der Waals surface area contributed by atoms with Gasteiger partial charge in [-0.3, -0.25) is 4.79 Å². The number of hydrogen-bond donors (Lipinski definition) is 1. The third-order valence-electron chi connectivity index (χ3n) is 3.70. The molecule has 0 fully saturated rings. The number of benzene rings is 1. The van der Waals surface area contributed by atoms with Crippen LogP contribution in [-0.4, -0.2) is 24.4 Å². The van der Waals surface area contributed by atoms with Gasteiger partial charge in [0.15, 0.2) is 0 Å². The molecular formula is C16H17ClN2OS. The van der Waals surface area contributed by atoms with Gasteiger partial charge in [0.2, 0.25) is 5.91 Å². The van der Waals surface area contributed by atoms with E-state index in [1.54, 1.807) is 18.3 Å². The predicted octanol–water partition coefficient (Wildman–Crippen LogP) is 3.94. The molecule has 1 aliphatic rings. The average molecular weight is 321 g/mol. The van der Waals surface area contributed by atoms with E-state index in [0.29, 0.717) is 5.92 Å². The molecule has 0 saturated heterocycles. The fourth-order valence-corrected chi connectivity index (χ4v) is 4.17. The lowest BCUT2D eigenvalue weighted by atomic mass is 9.89. The normalized spacial score (nSPS) is 18.3. The van der Waals surface area contributed by atoms with E-state index >= 15 is 0 Å². The lowest BCUT2D eigenvalue weighted by molar-refractivity contribution is -0.114. The Labute approximate surface area is 133 Å². The number of rotatable bonds is 2. The molecule has 2 heterocycles. The Morgan fingerprint density at radius 3 is 2.76 bits per heavy atom. The topological polar surface area (TPSA) is 32.3 Å². The summed E-state index contributed by atoms with van der Waals surface area (Å²) in [6, 6.07) is 10.2. The van der Waals surface area contributed by atoms with Crippen molar-refractivity contribution in [3.8, 4) is 0 Å². The molecule has 1 atom stereocenters. The van der Waals surface area contributed by atoms with E-state index in [0.717, 1.165) is 23.1 Å². The first-order valence-corrected chi connectivity index (χ1v) is 8.06. The van der Waals surface area contributed by atoms with Crippen molar-refractivity contribution < 1.29 is 4.79 Å².